The molecule has 0 aliphatic heterocycles. The van der Waals surface area contributed by atoms with Crippen molar-refractivity contribution in [2.75, 3.05) is 12.0 Å². The van der Waals surface area contributed by atoms with E-state index in [1.165, 1.54) is 4.68 Å². The lowest BCUT2D eigenvalue weighted by Gasteiger charge is -2.18. The molecule has 23 heavy (non-hydrogen) atoms. The van der Waals surface area contributed by atoms with Gasteiger partial charge in [-0.2, -0.15) is 0 Å². The van der Waals surface area contributed by atoms with Crippen LogP contribution < -0.4 is 16.3 Å². The summed E-state index contributed by atoms with van der Waals surface area (Å²) in [6.07, 6.45) is 0. The van der Waals surface area contributed by atoms with Crippen LogP contribution >= 0.6 is 0 Å². The van der Waals surface area contributed by atoms with Crippen LogP contribution in [0.3, 0.4) is 0 Å². The molecule has 0 bridgehead atoms. The molecule has 0 radical (unpaired) electrons. The number of para-hydroxylation sites is 1. The second-order valence-corrected chi connectivity index (χ2v) is 5.24. The van der Waals surface area contributed by atoms with Crippen LogP contribution in [-0.2, 0) is 4.79 Å². The summed E-state index contributed by atoms with van der Waals surface area (Å²) < 4.78 is 1.18. The molecule has 0 saturated carbocycles. The quantitative estimate of drug-likeness (QED) is 0.636. The molecule has 0 aliphatic rings. The minimum absolute atomic E-state index is 0.101. The summed E-state index contributed by atoms with van der Waals surface area (Å²) in [6.45, 7) is 2.98. The maximum absolute atomic E-state index is 12.6. The first-order valence-corrected chi connectivity index (χ1v) is 6.96. The SMILES string of the molecule is CC(C)Nn1c(=O)c(C(=O)NCC(=O)O)c(O)c2ccccc21. The number of aromatic nitrogens is 1. The van der Waals surface area contributed by atoms with Crippen molar-refractivity contribution in [3.05, 3.63) is 40.2 Å². The normalized spacial score (nSPS) is 10.7. The molecule has 0 saturated heterocycles. The van der Waals surface area contributed by atoms with Crippen molar-refractivity contribution in [3.8, 4) is 5.75 Å². The van der Waals surface area contributed by atoms with Crippen molar-refractivity contribution in [1.29, 1.82) is 0 Å². The zero-order valence-corrected chi connectivity index (χ0v) is 12.7. The van der Waals surface area contributed by atoms with Gasteiger partial charge in [0.2, 0.25) is 0 Å². The van der Waals surface area contributed by atoms with Gasteiger partial charge in [0.15, 0.2) is 0 Å². The number of fused-ring (bicyclic) bond motifs is 1. The van der Waals surface area contributed by atoms with E-state index in [4.69, 9.17) is 5.11 Å². The van der Waals surface area contributed by atoms with E-state index in [0.717, 1.165) is 0 Å². The predicted molar refractivity (Wildman–Crippen MR) is 84.3 cm³/mol. The lowest BCUT2D eigenvalue weighted by atomic mass is 10.1. The lowest BCUT2D eigenvalue weighted by Crippen LogP contribution is -2.39. The number of nitrogens with zero attached hydrogens (tertiary/aromatic N) is 1. The molecule has 1 amide bonds. The van der Waals surface area contributed by atoms with Gasteiger partial charge in [-0.25, -0.2) is 4.68 Å². The third-order valence-electron chi connectivity index (χ3n) is 3.07. The third-order valence-corrected chi connectivity index (χ3v) is 3.07. The number of aliphatic carboxylic acids is 1. The van der Waals surface area contributed by atoms with Crippen LogP contribution in [0.5, 0.6) is 5.75 Å². The number of carbonyl (C=O) groups excluding carboxylic acids is 1. The van der Waals surface area contributed by atoms with Gasteiger partial charge in [-0.15, -0.1) is 0 Å². The Kier molecular flexibility index (Phi) is 4.54. The molecule has 0 unspecified atom stereocenters. The molecule has 8 nitrogen and oxygen atoms in total. The van der Waals surface area contributed by atoms with Crippen LogP contribution in [0.15, 0.2) is 29.1 Å². The van der Waals surface area contributed by atoms with E-state index in [1.54, 1.807) is 24.3 Å². The van der Waals surface area contributed by atoms with E-state index < -0.39 is 35.3 Å². The molecule has 8 heteroatoms. The number of carbonyl (C=O) groups is 2. The Labute approximate surface area is 131 Å². The van der Waals surface area contributed by atoms with E-state index in [1.807, 2.05) is 13.8 Å². The molecule has 2 rings (SSSR count). The molecular formula is C15H17N3O5. The Bertz CT molecular complexity index is 826. The highest BCUT2D eigenvalue weighted by molar-refractivity contribution is 6.03. The summed E-state index contributed by atoms with van der Waals surface area (Å²) >= 11 is 0. The molecule has 0 spiro atoms. The van der Waals surface area contributed by atoms with E-state index in [9.17, 15) is 19.5 Å². The van der Waals surface area contributed by atoms with E-state index in [2.05, 4.69) is 10.7 Å². The molecule has 1 aromatic heterocycles. The van der Waals surface area contributed by atoms with Gasteiger partial charge in [0.05, 0.1) is 5.52 Å². The van der Waals surface area contributed by atoms with E-state index in [-0.39, 0.29) is 6.04 Å². The number of hydrogen-bond acceptors (Lipinski definition) is 5. The summed E-state index contributed by atoms with van der Waals surface area (Å²) in [6, 6.07) is 6.45. The summed E-state index contributed by atoms with van der Waals surface area (Å²) in [5, 5.41) is 21.3. The lowest BCUT2D eigenvalue weighted by molar-refractivity contribution is -0.135. The van der Waals surface area contributed by atoms with Crippen LogP contribution in [-0.4, -0.2) is 39.4 Å². The summed E-state index contributed by atoms with van der Waals surface area (Å²) in [4.78, 5) is 35.2. The number of pyridine rings is 1. The van der Waals surface area contributed by atoms with Crippen LogP contribution in [0.2, 0.25) is 0 Å². The molecular weight excluding hydrogens is 302 g/mol. The van der Waals surface area contributed by atoms with Gasteiger partial charge in [-0.3, -0.25) is 14.4 Å². The number of benzene rings is 1. The Morgan fingerprint density at radius 1 is 1.26 bits per heavy atom. The number of rotatable bonds is 5. The molecule has 0 atom stereocenters. The van der Waals surface area contributed by atoms with Crippen LogP contribution in [0.1, 0.15) is 24.2 Å². The summed E-state index contributed by atoms with van der Waals surface area (Å²) in [7, 11) is 0. The fraction of sp³-hybridized carbons (Fsp3) is 0.267. The van der Waals surface area contributed by atoms with Crippen molar-refractivity contribution in [1.82, 2.24) is 9.99 Å². The van der Waals surface area contributed by atoms with Crippen molar-refractivity contribution in [3.63, 3.8) is 0 Å². The number of nitrogens with one attached hydrogen (secondary N) is 2. The smallest absolute Gasteiger partial charge is 0.322 e. The zero-order chi connectivity index (χ0) is 17.1. The Hall–Kier alpha value is -3.03. The molecule has 1 aromatic carbocycles. The topological polar surface area (TPSA) is 121 Å². The largest absolute Gasteiger partial charge is 0.506 e. The van der Waals surface area contributed by atoms with Gasteiger partial charge in [0.25, 0.3) is 11.5 Å². The van der Waals surface area contributed by atoms with Gasteiger partial charge in [0.1, 0.15) is 17.9 Å². The first-order valence-electron chi connectivity index (χ1n) is 6.96. The second kappa shape index (κ2) is 6.39. The fourth-order valence-electron chi connectivity index (χ4n) is 2.16. The van der Waals surface area contributed by atoms with Crippen LogP contribution in [0, 0.1) is 0 Å². The van der Waals surface area contributed by atoms with Gasteiger partial charge in [-0.1, -0.05) is 12.1 Å². The maximum Gasteiger partial charge on any atom is 0.322 e. The molecule has 0 aliphatic carbocycles. The Morgan fingerprint density at radius 3 is 2.52 bits per heavy atom. The minimum atomic E-state index is -1.25. The number of amides is 1. The standard InChI is InChI=1S/C15H17N3O5/c1-8(2)17-18-10-6-4-3-5-9(10)13(21)12(15(18)23)14(22)16-7-11(19)20/h3-6,8,17,21H,7H2,1-2H3,(H,16,22)(H,19,20). The van der Waals surface area contributed by atoms with Gasteiger partial charge in [-0.05, 0) is 26.0 Å². The summed E-state index contributed by atoms with van der Waals surface area (Å²) in [5.74, 6) is -2.67. The first-order chi connectivity index (χ1) is 10.8. The Morgan fingerprint density at radius 2 is 1.91 bits per heavy atom. The minimum Gasteiger partial charge on any atom is -0.506 e. The van der Waals surface area contributed by atoms with E-state index in [0.29, 0.717) is 10.9 Å². The van der Waals surface area contributed by atoms with Gasteiger partial charge in [0, 0.05) is 11.4 Å². The molecule has 1 heterocycles. The predicted octanol–water partition coefficient (Wildman–Crippen LogP) is 0.473. The van der Waals surface area contributed by atoms with Crippen molar-refractivity contribution in [2.45, 2.75) is 19.9 Å². The van der Waals surface area contributed by atoms with Crippen molar-refractivity contribution in [2.24, 2.45) is 0 Å². The summed E-state index contributed by atoms with van der Waals surface area (Å²) in [5.41, 5.74) is 2.06. The number of hydrogen-bond donors (Lipinski definition) is 4. The fourth-order valence-corrected chi connectivity index (χ4v) is 2.16. The Balaban J connectivity index is 2.67. The van der Waals surface area contributed by atoms with Gasteiger partial charge < -0.3 is 21.0 Å². The van der Waals surface area contributed by atoms with Crippen LogP contribution in [0.4, 0.5) is 0 Å². The monoisotopic (exact) mass is 319 g/mol. The zero-order valence-electron chi connectivity index (χ0n) is 12.7. The van der Waals surface area contributed by atoms with Crippen LogP contribution in [0.25, 0.3) is 10.9 Å². The average molecular weight is 319 g/mol. The molecule has 2 aromatic rings. The third kappa shape index (κ3) is 3.25. The van der Waals surface area contributed by atoms with E-state index >= 15 is 0 Å². The molecule has 0 fully saturated rings. The van der Waals surface area contributed by atoms with Crippen molar-refractivity contribution >= 4 is 22.8 Å². The first kappa shape index (κ1) is 16.3. The number of aromatic hydroxyl groups is 1. The number of carboxylic acid groups (broad SMARTS) is 1. The highest BCUT2D eigenvalue weighted by atomic mass is 16.4. The molecule has 122 valence electrons. The molecule has 4 N–H and O–H groups in total. The highest BCUT2D eigenvalue weighted by Crippen LogP contribution is 2.25. The van der Waals surface area contributed by atoms with Gasteiger partial charge >= 0.3 is 5.97 Å². The average Bonchev–Trinajstić information content (AvgIpc) is 2.49. The maximum atomic E-state index is 12.6. The highest BCUT2D eigenvalue weighted by Gasteiger charge is 2.22. The number of carboxylic acids is 1. The second-order valence-electron chi connectivity index (χ2n) is 5.24. The van der Waals surface area contributed by atoms with Crippen molar-refractivity contribution < 1.29 is 19.8 Å².